The molecule has 116 valence electrons. The summed E-state index contributed by atoms with van der Waals surface area (Å²) in [5, 5.41) is 14.2. The first-order valence-electron chi connectivity index (χ1n) is 6.25. The van der Waals surface area contributed by atoms with Gasteiger partial charge in [0.15, 0.2) is 17.3 Å². The van der Waals surface area contributed by atoms with Gasteiger partial charge in [0.2, 0.25) is 5.13 Å². The summed E-state index contributed by atoms with van der Waals surface area (Å²) in [5.74, 6) is -2.69. The van der Waals surface area contributed by atoms with Crippen LogP contribution < -0.4 is 10.7 Å². The number of aromatic nitrogens is 2. The number of hydrazone groups is 1. The standard InChI is InChI=1S/C13H8F2N6OS/c14-7-2-1-3-8(10(7)15)18-9-4-5-16-12(22)11(9)19-21-13-20-17-6-23-13/h1-6,18H,(H,20,21). The van der Waals surface area contributed by atoms with Crippen LogP contribution in [0.4, 0.5) is 19.6 Å². The van der Waals surface area contributed by atoms with Gasteiger partial charge in [-0.3, -0.25) is 10.2 Å². The van der Waals surface area contributed by atoms with Crippen LogP contribution in [0.1, 0.15) is 0 Å². The van der Waals surface area contributed by atoms with Gasteiger partial charge in [0.1, 0.15) is 5.51 Å². The second-order valence-corrected chi connectivity index (χ2v) is 5.04. The summed E-state index contributed by atoms with van der Waals surface area (Å²) < 4.78 is 27.0. The minimum atomic E-state index is -1.06. The fourth-order valence-corrected chi connectivity index (χ4v) is 2.10. The third-order valence-corrected chi connectivity index (χ3v) is 3.33. The summed E-state index contributed by atoms with van der Waals surface area (Å²) in [4.78, 5) is 15.4. The maximum atomic E-state index is 13.7. The number of nitrogens with one attached hydrogen (secondary N) is 2. The smallest absolute Gasteiger partial charge is 0.299 e. The van der Waals surface area contributed by atoms with E-state index in [9.17, 15) is 13.6 Å². The van der Waals surface area contributed by atoms with Gasteiger partial charge in [-0.05, 0) is 18.2 Å². The van der Waals surface area contributed by atoms with Crippen LogP contribution >= 0.6 is 11.3 Å². The molecule has 0 saturated heterocycles. The Morgan fingerprint density at radius 1 is 1.26 bits per heavy atom. The third-order valence-electron chi connectivity index (χ3n) is 2.74. The number of carbonyl (C=O) groups is 1. The molecule has 0 fully saturated rings. The van der Waals surface area contributed by atoms with E-state index < -0.39 is 17.5 Å². The van der Waals surface area contributed by atoms with E-state index in [0.29, 0.717) is 5.13 Å². The zero-order valence-corrected chi connectivity index (χ0v) is 12.1. The number of hydrogen-bond acceptors (Lipinski definition) is 7. The topological polar surface area (TPSA) is 91.6 Å². The van der Waals surface area contributed by atoms with Crippen LogP contribution in [0.5, 0.6) is 0 Å². The van der Waals surface area contributed by atoms with Gasteiger partial charge in [-0.15, -0.1) is 10.2 Å². The van der Waals surface area contributed by atoms with Crippen molar-refractivity contribution < 1.29 is 13.6 Å². The Morgan fingerprint density at radius 2 is 2.13 bits per heavy atom. The van der Waals surface area contributed by atoms with Gasteiger partial charge in [0.25, 0.3) is 5.91 Å². The van der Waals surface area contributed by atoms with Crippen LogP contribution in [0.25, 0.3) is 0 Å². The highest BCUT2D eigenvalue weighted by molar-refractivity contribution is 7.13. The number of dihydropyridines is 1. The molecular weight excluding hydrogens is 326 g/mol. The lowest BCUT2D eigenvalue weighted by molar-refractivity contribution is -0.111. The maximum absolute atomic E-state index is 13.7. The normalized spacial score (nSPS) is 15.7. The van der Waals surface area contributed by atoms with Crippen molar-refractivity contribution in [3.63, 3.8) is 0 Å². The number of carbonyl (C=O) groups excluding carboxylic acids is 1. The average molecular weight is 334 g/mol. The molecule has 2 N–H and O–H groups in total. The molecule has 1 aromatic carbocycles. The van der Waals surface area contributed by atoms with Crippen LogP contribution in [0.3, 0.4) is 0 Å². The van der Waals surface area contributed by atoms with Gasteiger partial charge in [0.05, 0.1) is 11.4 Å². The number of allylic oxidation sites excluding steroid dienone is 1. The summed E-state index contributed by atoms with van der Waals surface area (Å²) >= 11 is 1.18. The van der Waals surface area contributed by atoms with Gasteiger partial charge in [-0.1, -0.05) is 17.4 Å². The summed E-state index contributed by atoms with van der Waals surface area (Å²) in [7, 11) is 0. The van der Waals surface area contributed by atoms with Crippen LogP contribution in [0.15, 0.2) is 45.6 Å². The summed E-state index contributed by atoms with van der Waals surface area (Å²) in [6.45, 7) is 0. The van der Waals surface area contributed by atoms with E-state index in [0.717, 1.165) is 6.07 Å². The monoisotopic (exact) mass is 334 g/mol. The fourth-order valence-electron chi connectivity index (χ4n) is 1.71. The number of halogens is 2. The van der Waals surface area contributed by atoms with Crippen molar-refractivity contribution in [1.29, 1.82) is 0 Å². The van der Waals surface area contributed by atoms with Crippen molar-refractivity contribution in [3.05, 3.63) is 47.1 Å². The van der Waals surface area contributed by atoms with Gasteiger partial charge in [-0.2, -0.15) is 5.10 Å². The summed E-state index contributed by atoms with van der Waals surface area (Å²) in [6.07, 6.45) is 2.66. The molecule has 1 amide bonds. The molecule has 2 heterocycles. The Hall–Kier alpha value is -3.01. The second kappa shape index (κ2) is 6.40. The number of nitrogens with zero attached hydrogens (tertiary/aromatic N) is 4. The lowest BCUT2D eigenvalue weighted by atomic mass is 10.2. The molecule has 1 aromatic heterocycles. The molecule has 0 aliphatic carbocycles. The van der Waals surface area contributed by atoms with E-state index in [2.05, 4.69) is 31.0 Å². The van der Waals surface area contributed by atoms with Gasteiger partial charge in [0, 0.05) is 6.21 Å². The SMILES string of the molecule is O=C1N=CC=C(Nc2cccc(F)c2F)C1=NNc1nncs1. The average Bonchev–Trinajstić information content (AvgIpc) is 3.05. The van der Waals surface area contributed by atoms with Crippen molar-refractivity contribution in [1.82, 2.24) is 10.2 Å². The number of aliphatic imine (C=N–C) groups is 1. The summed E-state index contributed by atoms with van der Waals surface area (Å²) in [5.41, 5.74) is 4.00. The molecule has 0 bridgehead atoms. The minimum Gasteiger partial charge on any atom is -0.351 e. The van der Waals surface area contributed by atoms with Gasteiger partial charge >= 0.3 is 0 Å². The second-order valence-electron chi connectivity index (χ2n) is 4.21. The largest absolute Gasteiger partial charge is 0.351 e. The molecule has 0 radical (unpaired) electrons. The van der Waals surface area contributed by atoms with E-state index >= 15 is 0 Å². The molecule has 7 nitrogen and oxygen atoms in total. The van der Waals surface area contributed by atoms with E-state index in [1.807, 2.05) is 0 Å². The van der Waals surface area contributed by atoms with Crippen molar-refractivity contribution in [3.8, 4) is 0 Å². The first kappa shape index (κ1) is 14.9. The van der Waals surface area contributed by atoms with Crippen molar-refractivity contribution in [2.24, 2.45) is 10.1 Å². The quantitative estimate of drug-likeness (QED) is 0.836. The Bertz CT molecular complexity index is 831. The zero-order chi connectivity index (χ0) is 16.2. The molecule has 10 heteroatoms. The van der Waals surface area contributed by atoms with Crippen LogP contribution in [0.2, 0.25) is 0 Å². The molecule has 3 rings (SSSR count). The van der Waals surface area contributed by atoms with Crippen molar-refractivity contribution >= 4 is 40.0 Å². The first-order valence-corrected chi connectivity index (χ1v) is 7.13. The van der Waals surface area contributed by atoms with Crippen molar-refractivity contribution in [2.45, 2.75) is 0 Å². The number of amides is 1. The molecule has 1 aliphatic heterocycles. The van der Waals surface area contributed by atoms with Gasteiger partial charge < -0.3 is 5.32 Å². The van der Waals surface area contributed by atoms with E-state index in [4.69, 9.17) is 0 Å². The molecule has 0 saturated carbocycles. The van der Waals surface area contributed by atoms with E-state index in [1.54, 1.807) is 0 Å². The number of rotatable bonds is 4. The molecule has 0 spiro atoms. The molecule has 0 atom stereocenters. The Morgan fingerprint density at radius 3 is 2.91 bits per heavy atom. The molecule has 2 aromatic rings. The number of anilines is 2. The van der Waals surface area contributed by atoms with Gasteiger partial charge in [-0.25, -0.2) is 13.8 Å². The Labute approximate surface area is 132 Å². The van der Waals surface area contributed by atoms with E-state index in [-0.39, 0.29) is 17.1 Å². The van der Waals surface area contributed by atoms with Crippen LogP contribution in [-0.4, -0.2) is 28.0 Å². The minimum absolute atomic E-state index is 0.0913. The number of benzene rings is 1. The molecule has 0 unspecified atom stereocenters. The summed E-state index contributed by atoms with van der Waals surface area (Å²) in [6, 6.07) is 3.68. The molecular formula is C13H8F2N6OS. The lowest BCUT2D eigenvalue weighted by Crippen LogP contribution is -2.24. The van der Waals surface area contributed by atoms with E-state index in [1.165, 1.54) is 41.3 Å². The lowest BCUT2D eigenvalue weighted by Gasteiger charge is -2.14. The zero-order valence-electron chi connectivity index (χ0n) is 11.3. The predicted octanol–water partition coefficient (Wildman–Crippen LogP) is 2.19. The Kier molecular flexibility index (Phi) is 4.15. The van der Waals surface area contributed by atoms with Crippen LogP contribution in [-0.2, 0) is 4.79 Å². The highest BCUT2D eigenvalue weighted by Gasteiger charge is 2.21. The van der Waals surface area contributed by atoms with Crippen molar-refractivity contribution in [2.75, 3.05) is 10.7 Å². The Balaban J connectivity index is 1.87. The molecule has 23 heavy (non-hydrogen) atoms. The van der Waals surface area contributed by atoms with Crippen LogP contribution in [0, 0.1) is 11.6 Å². The highest BCUT2D eigenvalue weighted by atomic mass is 32.1. The maximum Gasteiger partial charge on any atom is 0.299 e. The third kappa shape index (κ3) is 3.26. The first-order chi connectivity index (χ1) is 11.1. The highest BCUT2D eigenvalue weighted by Crippen LogP contribution is 2.20. The molecule has 1 aliphatic rings. The number of hydrogen-bond donors (Lipinski definition) is 2. The fraction of sp³-hybridized carbons (Fsp3) is 0. The predicted molar refractivity (Wildman–Crippen MR) is 82.5 cm³/mol.